The Morgan fingerprint density at radius 3 is 2.50 bits per heavy atom. The number of benzene rings is 2. The zero-order chi connectivity index (χ0) is 21.6. The minimum absolute atomic E-state index is 0.0263. The maximum absolute atomic E-state index is 13.0. The maximum Gasteiger partial charge on any atom is 0.267 e. The average Bonchev–Trinajstić information content (AvgIpc) is 3.16. The molecule has 2 aromatic carbocycles. The molecule has 0 radical (unpaired) electrons. The number of amidine groups is 1. The summed E-state index contributed by atoms with van der Waals surface area (Å²) in [6, 6.07) is 11.1. The van der Waals surface area contributed by atoms with Gasteiger partial charge in [0.1, 0.15) is 0 Å². The molecule has 2 aliphatic rings. The van der Waals surface area contributed by atoms with Crippen molar-refractivity contribution in [2.45, 2.75) is 11.8 Å². The average molecular weight is 507 g/mol. The Hall–Kier alpha value is -2.47. The van der Waals surface area contributed by atoms with Crippen molar-refractivity contribution >= 4 is 71.6 Å². The Labute approximate surface area is 185 Å². The van der Waals surface area contributed by atoms with E-state index in [0.29, 0.717) is 39.1 Å². The lowest BCUT2D eigenvalue weighted by Crippen LogP contribution is -2.29. The standard InChI is InChI=1S/C19H15BrN4O4S2/c1-2-24-18(26)16(15-13-9-10(20)3-8-14(13)23-17(15)25)29-19(24)22-11-4-6-12(7-5-11)30(21,27)28/h3-9H,2H2,1H3,(H,23,25)(H2,21,27,28)/b16-15-,22-19-. The molecule has 0 unspecified atom stereocenters. The van der Waals surface area contributed by atoms with E-state index in [0.717, 1.165) is 16.2 Å². The van der Waals surface area contributed by atoms with Gasteiger partial charge in [-0.05, 0) is 61.2 Å². The van der Waals surface area contributed by atoms with E-state index in [1.54, 1.807) is 12.1 Å². The van der Waals surface area contributed by atoms with Gasteiger partial charge in [0.05, 0.1) is 21.1 Å². The molecule has 4 rings (SSSR count). The van der Waals surface area contributed by atoms with E-state index in [9.17, 15) is 18.0 Å². The number of fused-ring (bicyclic) bond motifs is 1. The molecule has 2 aliphatic heterocycles. The van der Waals surface area contributed by atoms with Crippen LogP contribution in [-0.4, -0.2) is 36.8 Å². The summed E-state index contributed by atoms with van der Waals surface area (Å²) in [6.07, 6.45) is 0. The number of rotatable bonds is 3. The first-order valence-corrected chi connectivity index (χ1v) is 11.9. The monoisotopic (exact) mass is 506 g/mol. The molecule has 3 N–H and O–H groups in total. The van der Waals surface area contributed by atoms with Crippen LogP contribution >= 0.6 is 27.7 Å². The number of carbonyl (C=O) groups is 2. The summed E-state index contributed by atoms with van der Waals surface area (Å²) in [7, 11) is -3.80. The minimum atomic E-state index is -3.80. The van der Waals surface area contributed by atoms with E-state index >= 15 is 0 Å². The second-order valence-corrected chi connectivity index (χ2v) is 9.89. The summed E-state index contributed by atoms with van der Waals surface area (Å²) in [5, 5.41) is 8.30. The van der Waals surface area contributed by atoms with Crippen LogP contribution in [0.3, 0.4) is 0 Å². The lowest BCUT2D eigenvalue weighted by atomic mass is 10.1. The number of primary sulfonamides is 1. The van der Waals surface area contributed by atoms with Gasteiger partial charge in [-0.1, -0.05) is 15.9 Å². The molecule has 11 heteroatoms. The number of likely N-dealkylation sites (N-methyl/N-ethyl adjacent to an activating group) is 1. The number of nitrogens with one attached hydrogen (secondary N) is 1. The van der Waals surface area contributed by atoms with Crippen LogP contribution in [-0.2, 0) is 19.6 Å². The van der Waals surface area contributed by atoms with E-state index in [2.05, 4.69) is 26.2 Å². The number of amides is 2. The van der Waals surface area contributed by atoms with Gasteiger partial charge in [-0.25, -0.2) is 18.5 Å². The summed E-state index contributed by atoms with van der Waals surface area (Å²) in [5.41, 5.74) is 2.07. The molecule has 0 spiro atoms. The van der Waals surface area contributed by atoms with Gasteiger partial charge in [0.2, 0.25) is 10.0 Å². The fraction of sp³-hybridized carbons (Fsp3) is 0.105. The SMILES string of the molecule is CCN1C(=O)/C(=C2/C(=O)Nc3ccc(Br)cc32)S/C1=N\c1ccc(S(N)(=O)=O)cc1. The number of anilines is 1. The number of hydrogen-bond acceptors (Lipinski definition) is 6. The molecule has 30 heavy (non-hydrogen) atoms. The number of nitrogens with zero attached hydrogens (tertiary/aromatic N) is 2. The number of halogens is 1. The van der Waals surface area contributed by atoms with Crippen LogP contribution < -0.4 is 10.5 Å². The molecule has 8 nitrogen and oxygen atoms in total. The normalized spacial score (nSPS) is 20.1. The van der Waals surface area contributed by atoms with Crippen molar-refractivity contribution in [3.05, 3.63) is 57.4 Å². The molecule has 154 valence electrons. The fourth-order valence-corrected chi connectivity index (χ4v) is 5.14. The number of nitrogens with two attached hydrogens (primary N) is 1. The van der Waals surface area contributed by atoms with Gasteiger partial charge in [-0.3, -0.25) is 14.5 Å². The lowest BCUT2D eigenvalue weighted by molar-refractivity contribution is -0.122. The van der Waals surface area contributed by atoms with Crippen LogP contribution in [0.4, 0.5) is 11.4 Å². The molecule has 0 aromatic heterocycles. The van der Waals surface area contributed by atoms with Gasteiger partial charge in [0, 0.05) is 22.3 Å². The fourth-order valence-electron chi connectivity index (χ4n) is 3.11. The van der Waals surface area contributed by atoms with Crippen LogP contribution in [0.1, 0.15) is 12.5 Å². The van der Waals surface area contributed by atoms with Gasteiger partial charge in [-0.15, -0.1) is 0 Å². The first-order valence-electron chi connectivity index (χ1n) is 8.76. The molecule has 2 amide bonds. The van der Waals surface area contributed by atoms with E-state index in [1.165, 1.54) is 29.2 Å². The molecular formula is C19H15BrN4O4S2. The number of carbonyl (C=O) groups excluding carboxylic acids is 2. The second kappa shape index (κ2) is 7.65. The quantitative estimate of drug-likeness (QED) is 0.619. The van der Waals surface area contributed by atoms with Gasteiger partial charge >= 0.3 is 0 Å². The minimum Gasteiger partial charge on any atom is -0.321 e. The molecule has 0 bridgehead atoms. The summed E-state index contributed by atoms with van der Waals surface area (Å²) in [6.45, 7) is 2.18. The van der Waals surface area contributed by atoms with Crippen LogP contribution in [0.15, 0.2) is 61.7 Å². The predicted molar refractivity (Wildman–Crippen MR) is 120 cm³/mol. The summed E-state index contributed by atoms with van der Waals surface area (Å²) >= 11 is 4.51. The third-order valence-electron chi connectivity index (χ3n) is 4.52. The van der Waals surface area contributed by atoms with E-state index in [4.69, 9.17) is 5.14 Å². The zero-order valence-electron chi connectivity index (χ0n) is 15.5. The van der Waals surface area contributed by atoms with E-state index < -0.39 is 10.0 Å². The van der Waals surface area contributed by atoms with Crippen molar-refractivity contribution in [3.8, 4) is 0 Å². The van der Waals surface area contributed by atoms with Crippen molar-refractivity contribution in [1.29, 1.82) is 0 Å². The summed E-state index contributed by atoms with van der Waals surface area (Å²) in [5.74, 6) is -0.644. The maximum atomic E-state index is 13.0. The third kappa shape index (κ3) is 3.69. The number of thioether (sulfide) groups is 1. The smallest absolute Gasteiger partial charge is 0.267 e. The number of aliphatic imine (C=N–C) groups is 1. The molecule has 2 aromatic rings. The van der Waals surface area contributed by atoms with Gasteiger partial charge in [-0.2, -0.15) is 0 Å². The Morgan fingerprint density at radius 1 is 1.17 bits per heavy atom. The summed E-state index contributed by atoms with van der Waals surface area (Å²) < 4.78 is 23.6. The highest BCUT2D eigenvalue weighted by Gasteiger charge is 2.39. The van der Waals surface area contributed by atoms with Crippen molar-refractivity contribution < 1.29 is 18.0 Å². The van der Waals surface area contributed by atoms with Gasteiger partial charge in [0.15, 0.2) is 5.17 Å². The predicted octanol–water partition coefficient (Wildman–Crippen LogP) is 3.04. The third-order valence-corrected chi connectivity index (χ3v) is 7.02. The topological polar surface area (TPSA) is 122 Å². The molecule has 2 heterocycles. The van der Waals surface area contributed by atoms with E-state index in [1.807, 2.05) is 13.0 Å². The first kappa shape index (κ1) is 20.8. The van der Waals surface area contributed by atoms with Crippen molar-refractivity contribution in [2.75, 3.05) is 11.9 Å². The molecule has 1 saturated heterocycles. The highest BCUT2D eigenvalue weighted by molar-refractivity contribution is 9.10. The molecule has 0 saturated carbocycles. The van der Waals surface area contributed by atoms with Crippen LogP contribution in [0.25, 0.3) is 5.57 Å². The highest BCUT2D eigenvalue weighted by atomic mass is 79.9. The Balaban J connectivity index is 1.76. The number of hydrogen-bond donors (Lipinski definition) is 2. The number of sulfonamides is 1. The van der Waals surface area contributed by atoms with Gasteiger partial charge in [0.25, 0.3) is 11.8 Å². The molecule has 1 fully saturated rings. The van der Waals surface area contributed by atoms with Crippen molar-refractivity contribution in [1.82, 2.24) is 4.90 Å². The van der Waals surface area contributed by atoms with E-state index in [-0.39, 0.29) is 16.7 Å². The summed E-state index contributed by atoms with van der Waals surface area (Å²) in [4.78, 5) is 31.8. The first-order chi connectivity index (χ1) is 14.2. The highest BCUT2D eigenvalue weighted by Crippen LogP contribution is 2.43. The zero-order valence-corrected chi connectivity index (χ0v) is 18.8. The van der Waals surface area contributed by atoms with Crippen LogP contribution in [0.2, 0.25) is 0 Å². The van der Waals surface area contributed by atoms with Crippen molar-refractivity contribution in [2.24, 2.45) is 10.1 Å². The van der Waals surface area contributed by atoms with Crippen LogP contribution in [0, 0.1) is 0 Å². The lowest BCUT2D eigenvalue weighted by Gasteiger charge is -2.12. The van der Waals surface area contributed by atoms with Crippen LogP contribution in [0.5, 0.6) is 0 Å². The molecular weight excluding hydrogens is 492 g/mol. The molecule has 0 atom stereocenters. The largest absolute Gasteiger partial charge is 0.321 e. The Morgan fingerprint density at radius 2 is 1.87 bits per heavy atom. The second-order valence-electron chi connectivity index (χ2n) is 6.43. The molecule has 0 aliphatic carbocycles. The van der Waals surface area contributed by atoms with Gasteiger partial charge < -0.3 is 5.32 Å². The Kier molecular flexibility index (Phi) is 5.30. The Bertz CT molecular complexity index is 1250. The van der Waals surface area contributed by atoms with Crippen molar-refractivity contribution in [3.63, 3.8) is 0 Å².